The molecule has 1 aliphatic rings. The van der Waals surface area contributed by atoms with E-state index in [9.17, 15) is 9.59 Å². The van der Waals surface area contributed by atoms with E-state index in [1.165, 1.54) is 0 Å². The Morgan fingerprint density at radius 3 is 2.33 bits per heavy atom. The van der Waals surface area contributed by atoms with Crippen LogP contribution in [0.25, 0.3) is 0 Å². The molecule has 132 valence electrons. The quantitative estimate of drug-likeness (QED) is 0.888. The largest absolute Gasteiger partial charge is 0.444 e. The molecule has 1 saturated heterocycles. The lowest BCUT2D eigenvalue weighted by Gasteiger charge is -2.34. The van der Waals surface area contributed by atoms with Gasteiger partial charge in [0.1, 0.15) is 11.6 Å². The third kappa shape index (κ3) is 5.23. The SMILES string of the molecule is CC(C)(C)OC(=O)N1CCC(NC(=O)[C@H](N)c2ccccc2)CC1. The minimum atomic E-state index is -0.671. The van der Waals surface area contributed by atoms with Crippen LogP contribution in [0.2, 0.25) is 0 Å². The highest BCUT2D eigenvalue weighted by atomic mass is 16.6. The van der Waals surface area contributed by atoms with Gasteiger partial charge in [-0.3, -0.25) is 4.79 Å². The molecule has 0 saturated carbocycles. The molecule has 1 aromatic carbocycles. The second kappa shape index (κ2) is 7.66. The molecule has 1 aromatic rings. The Labute approximate surface area is 143 Å². The molecule has 0 spiro atoms. The van der Waals surface area contributed by atoms with Gasteiger partial charge in [-0.2, -0.15) is 0 Å². The van der Waals surface area contributed by atoms with Gasteiger partial charge in [0, 0.05) is 19.1 Å². The number of piperidine rings is 1. The van der Waals surface area contributed by atoms with E-state index in [4.69, 9.17) is 10.5 Å². The summed E-state index contributed by atoms with van der Waals surface area (Å²) < 4.78 is 5.37. The molecule has 6 nitrogen and oxygen atoms in total. The van der Waals surface area contributed by atoms with Gasteiger partial charge in [-0.1, -0.05) is 30.3 Å². The Balaban J connectivity index is 1.80. The highest BCUT2D eigenvalue weighted by molar-refractivity contribution is 5.83. The van der Waals surface area contributed by atoms with Gasteiger partial charge in [0.25, 0.3) is 0 Å². The highest BCUT2D eigenvalue weighted by Crippen LogP contribution is 2.16. The van der Waals surface area contributed by atoms with Gasteiger partial charge in [0.2, 0.25) is 5.91 Å². The van der Waals surface area contributed by atoms with E-state index < -0.39 is 11.6 Å². The summed E-state index contributed by atoms with van der Waals surface area (Å²) in [6.45, 7) is 6.69. The molecule has 0 aliphatic carbocycles. The number of hydrogen-bond donors (Lipinski definition) is 2. The third-order valence-electron chi connectivity index (χ3n) is 3.93. The third-order valence-corrected chi connectivity index (χ3v) is 3.93. The minimum Gasteiger partial charge on any atom is -0.444 e. The topological polar surface area (TPSA) is 84.7 Å². The maximum atomic E-state index is 12.3. The van der Waals surface area contributed by atoms with Gasteiger partial charge >= 0.3 is 6.09 Å². The number of rotatable bonds is 3. The molecule has 3 N–H and O–H groups in total. The molecule has 0 aromatic heterocycles. The molecule has 6 heteroatoms. The summed E-state index contributed by atoms with van der Waals surface area (Å²) >= 11 is 0. The summed E-state index contributed by atoms with van der Waals surface area (Å²) in [6.07, 6.45) is 1.10. The van der Waals surface area contributed by atoms with Crippen molar-refractivity contribution in [1.29, 1.82) is 0 Å². The Morgan fingerprint density at radius 2 is 1.79 bits per heavy atom. The van der Waals surface area contributed by atoms with Crippen molar-refractivity contribution in [2.45, 2.75) is 51.3 Å². The summed E-state index contributed by atoms with van der Waals surface area (Å²) in [5.41, 5.74) is 6.30. The molecule has 1 atom stereocenters. The van der Waals surface area contributed by atoms with E-state index in [0.29, 0.717) is 25.9 Å². The minimum absolute atomic E-state index is 0.0333. The molecule has 24 heavy (non-hydrogen) atoms. The van der Waals surface area contributed by atoms with Crippen molar-refractivity contribution in [3.8, 4) is 0 Å². The predicted molar refractivity (Wildman–Crippen MR) is 92.3 cm³/mol. The first-order valence-corrected chi connectivity index (χ1v) is 8.35. The summed E-state index contributed by atoms with van der Waals surface area (Å²) in [5.74, 6) is -0.183. The molecule has 0 radical (unpaired) electrons. The van der Waals surface area contributed by atoms with Crippen LogP contribution in [0.4, 0.5) is 4.79 Å². The van der Waals surface area contributed by atoms with Crippen molar-refractivity contribution < 1.29 is 14.3 Å². The smallest absolute Gasteiger partial charge is 0.410 e. The fraction of sp³-hybridized carbons (Fsp3) is 0.556. The zero-order chi connectivity index (χ0) is 17.7. The number of likely N-dealkylation sites (tertiary alicyclic amines) is 1. The Bertz CT molecular complexity index is 561. The van der Waals surface area contributed by atoms with E-state index in [1.54, 1.807) is 4.90 Å². The molecular weight excluding hydrogens is 306 g/mol. The summed E-state index contributed by atoms with van der Waals surface area (Å²) in [7, 11) is 0. The Kier molecular flexibility index (Phi) is 5.83. The maximum Gasteiger partial charge on any atom is 0.410 e. The van der Waals surface area contributed by atoms with E-state index in [-0.39, 0.29) is 18.0 Å². The van der Waals surface area contributed by atoms with Crippen LogP contribution in [-0.4, -0.2) is 41.6 Å². The first kappa shape index (κ1) is 18.3. The Hall–Kier alpha value is -2.08. The van der Waals surface area contributed by atoms with Crippen molar-refractivity contribution in [3.63, 3.8) is 0 Å². The zero-order valence-electron chi connectivity index (χ0n) is 14.6. The van der Waals surface area contributed by atoms with E-state index in [1.807, 2.05) is 51.1 Å². The van der Waals surface area contributed by atoms with Gasteiger partial charge < -0.3 is 20.7 Å². The fourth-order valence-electron chi connectivity index (χ4n) is 2.64. The van der Waals surface area contributed by atoms with Crippen LogP contribution in [0.15, 0.2) is 30.3 Å². The van der Waals surface area contributed by atoms with Crippen molar-refractivity contribution >= 4 is 12.0 Å². The number of amides is 2. The fourth-order valence-corrected chi connectivity index (χ4v) is 2.64. The Morgan fingerprint density at radius 1 is 1.21 bits per heavy atom. The van der Waals surface area contributed by atoms with E-state index in [2.05, 4.69) is 5.32 Å². The molecule has 2 amide bonds. The van der Waals surface area contributed by atoms with Crippen molar-refractivity contribution in [2.24, 2.45) is 5.73 Å². The average Bonchev–Trinajstić information content (AvgIpc) is 2.54. The second-order valence-corrected chi connectivity index (χ2v) is 7.14. The maximum absolute atomic E-state index is 12.3. The van der Waals surface area contributed by atoms with Crippen molar-refractivity contribution in [1.82, 2.24) is 10.2 Å². The monoisotopic (exact) mass is 333 g/mol. The van der Waals surface area contributed by atoms with Gasteiger partial charge in [-0.15, -0.1) is 0 Å². The summed E-state index contributed by atoms with van der Waals surface area (Å²) in [4.78, 5) is 26.0. The first-order chi connectivity index (χ1) is 11.3. The highest BCUT2D eigenvalue weighted by Gasteiger charge is 2.28. The molecule has 1 fully saturated rings. The number of nitrogens with zero attached hydrogens (tertiary/aromatic N) is 1. The number of hydrogen-bond acceptors (Lipinski definition) is 4. The van der Waals surface area contributed by atoms with Crippen molar-refractivity contribution in [2.75, 3.05) is 13.1 Å². The number of nitrogens with one attached hydrogen (secondary N) is 1. The molecular formula is C18H27N3O3. The number of benzene rings is 1. The molecule has 0 bridgehead atoms. The van der Waals surface area contributed by atoms with Crippen LogP contribution >= 0.6 is 0 Å². The van der Waals surface area contributed by atoms with E-state index >= 15 is 0 Å². The lowest BCUT2D eigenvalue weighted by molar-refractivity contribution is -0.123. The number of carbonyl (C=O) groups excluding carboxylic acids is 2. The van der Waals surface area contributed by atoms with Crippen LogP contribution < -0.4 is 11.1 Å². The predicted octanol–water partition coefficient (Wildman–Crippen LogP) is 2.20. The van der Waals surface area contributed by atoms with Gasteiger partial charge in [-0.25, -0.2) is 4.79 Å². The zero-order valence-corrected chi connectivity index (χ0v) is 14.6. The van der Waals surface area contributed by atoms with Gasteiger partial charge in [0.05, 0.1) is 0 Å². The van der Waals surface area contributed by atoms with Crippen LogP contribution in [0.3, 0.4) is 0 Å². The van der Waals surface area contributed by atoms with Gasteiger partial charge in [0.15, 0.2) is 0 Å². The molecule has 0 unspecified atom stereocenters. The van der Waals surface area contributed by atoms with Crippen LogP contribution in [0.5, 0.6) is 0 Å². The number of ether oxygens (including phenoxy) is 1. The normalized spacial score (nSPS) is 17.2. The number of carbonyl (C=O) groups is 2. The number of nitrogens with two attached hydrogens (primary N) is 1. The molecule has 1 heterocycles. The van der Waals surface area contributed by atoms with Crippen molar-refractivity contribution in [3.05, 3.63) is 35.9 Å². The van der Waals surface area contributed by atoms with E-state index in [0.717, 1.165) is 5.56 Å². The summed E-state index contributed by atoms with van der Waals surface area (Å²) in [6, 6.07) is 8.66. The molecule has 1 aliphatic heterocycles. The first-order valence-electron chi connectivity index (χ1n) is 8.35. The lowest BCUT2D eigenvalue weighted by atomic mass is 10.0. The second-order valence-electron chi connectivity index (χ2n) is 7.14. The summed E-state index contributed by atoms with van der Waals surface area (Å²) in [5, 5.41) is 2.98. The average molecular weight is 333 g/mol. The lowest BCUT2D eigenvalue weighted by Crippen LogP contribution is -2.49. The van der Waals surface area contributed by atoms with Crippen LogP contribution in [-0.2, 0) is 9.53 Å². The molecule has 2 rings (SSSR count). The van der Waals surface area contributed by atoms with Crippen LogP contribution in [0.1, 0.15) is 45.2 Å². The standard InChI is InChI=1S/C18H27N3O3/c1-18(2,3)24-17(23)21-11-9-14(10-12-21)20-16(22)15(19)13-7-5-4-6-8-13/h4-8,14-15H,9-12,19H2,1-3H3,(H,20,22)/t15-/m1/s1. The van der Waals surface area contributed by atoms with Gasteiger partial charge in [-0.05, 0) is 39.2 Å². The van der Waals surface area contributed by atoms with Crippen LogP contribution in [0, 0.1) is 0 Å².